The SMILES string of the molecule is C=CCCCCN(C)C(=O)[C@@H]1C[C@H](OC(=O)Nc2cc(C(F)(F)F)ccc2-n2nccc2C)C[C@H]1C(=O)N[C@]1(C(=O)NS(=O)(=O)C2CC2)C[C@H]1C=C. The normalized spacial score (nSPS) is 24.0. The predicted molar refractivity (Wildman–Crippen MR) is 184 cm³/mol. The van der Waals surface area contributed by atoms with E-state index in [1.54, 1.807) is 26.1 Å². The van der Waals surface area contributed by atoms with Gasteiger partial charge in [0.25, 0.3) is 5.91 Å². The molecule has 0 bridgehead atoms. The molecule has 5 atom stereocenters. The van der Waals surface area contributed by atoms with Crippen LogP contribution in [0, 0.1) is 24.7 Å². The summed E-state index contributed by atoms with van der Waals surface area (Å²) in [5, 5.41) is 8.53. The van der Waals surface area contributed by atoms with Gasteiger partial charge in [-0.1, -0.05) is 12.2 Å². The highest BCUT2D eigenvalue weighted by Crippen LogP contribution is 2.46. The number of ether oxygens (including phenoxy) is 1. The summed E-state index contributed by atoms with van der Waals surface area (Å²) in [6.07, 6.45) is 0.713. The largest absolute Gasteiger partial charge is 0.446 e. The van der Waals surface area contributed by atoms with E-state index < -0.39 is 80.2 Å². The molecule has 0 unspecified atom stereocenters. The molecule has 3 saturated carbocycles. The van der Waals surface area contributed by atoms with Crippen LogP contribution in [0.25, 0.3) is 5.69 Å². The lowest BCUT2D eigenvalue weighted by atomic mass is 9.93. The van der Waals surface area contributed by atoms with Gasteiger partial charge in [-0.15, -0.1) is 13.2 Å². The van der Waals surface area contributed by atoms with Crippen molar-refractivity contribution in [1.82, 2.24) is 24.7 Å². The first-order valence-corrected chi connectivity index (χ1v) is 18.6. The number of aryl methyl sites for hydroxylation is 1. The van der Waals surface area contributed by atoms with Crippen molar-refractivity contribution >= 4 is 39.5 Å². The Balaban J connectivity index is 1.35. The predicted octanol–water partition coefficient (Wildman–Crippen LogP) is 4.63. The fraction of sp³-hybridized carbons (Fsp3) is 0.514. The number of nitrogens with zero attached hydrogens (tertiary/aromatic N) is 3. The van der Waals surface area contributed by atoms with E-state index >= 15 is 0 Å². The minimum Gasteiger partial charge on any atom is -0.446 e. The van der Waals surface area contributed by atoms with Gasteiger partial charge < -0.3 is 15.0 Å². The van der Waals surface area contributed by atoms with E-state index in [-0.39, 0.29) is 30.6 Å². The Morgan fingerprint density at radius 1 is 1.12 bits per heavy atom. The molecule has 3 fully saturated rings. The Labute approximate surface area is 300 Å². The fourth-order valence-electron chi connectivity index (χ4n) is 6.62. The van der Waals surface area contributed by atoms with Gasteiger partial charge in [0.2, 0.25) is 21.8 Å². The molecule has 5 rings (SSSR count). The molecule has 0 spiro atoms. The Hall–Kier alpha value is -4.67. The van der Waals surface area contributed by atoms with Crippen LogP contribution in [0.15, 0.2) is 55.8 Å². The summed E-state index contributed by atoms with van der Waals surface area (Å²) in [5.41, 5.74) is -2.11. The van der Waals surface area contributed by atoms with Crippen LogP contribution in [-0.2, 0) is 35.3 Å². The summed E-state index contributed by atoms with van der Waals surface area (Å²) in [6.45, 7) is 9.45. The highest BCUT2D eigenvalue weighted by atomic mass is 32.2. The number of alkyl halides is 3. The van der Waals surface area contributed by atoms with Crippen LogP contribution in [0.4, 0.5) is 23.7 Å². The van der Waals surface area contributed by atoms with Gasteiger partial charge in [0.15, 0.2) is 0 Å². The summed E-state index contributed by atoms with van der Waals surface area (Å²) in [5.74, 6) is -4.64. The Kier molecular flexibility index (Phi) is 11.2. The summed E-state index contributed by atoms with van der Waals surface area (Å²) >= 11 is 0. The van der Waals surface area contributed by atoms with Crippen LogP contribution in [0.5, 0.6) is 0 Å². The molecule has 2 aromatic rings. The zero-order valence-corrected chi connectivity index (χ0v) is 29.8. The number of hydrogen-bond donors (Lipinski definition) is 3. The van der Waals surface area contributed by atoms with Crippen LogP contribution in [-0.4, -0.2) is 77.4 Å². The van der Waals surface area contributed by atoms with E-state index in [0.717, 1.165) is 25.0 Å². The van der Waals surface area contributed by atoms with E-state index in [4.69, 9.17) is 4.74 Å². The monoisotopic (exact) mass is 748 g/mol. The zero-order valence-electron chi connectivity index (χ0n) is 28.9. The lowest BCUT2D eigenvalue weighted by Gasteiger charge is -2.26. The van der Waals surface area contributed by atoms with E-state index in [1.165, 1.54) is 27.9 Å². The number of unbranched alkanes of at least 4 members (excludes halogenated alkanes) is 2. The number of carbonyl (C=O) groups is 4. The molecule has 0 aliphatic heterocycles. The van der Waals surface area contributed by atoms with Crippen molar-refractivity contribution in [2.75, 3.05) is 18.9 Å². The number of anilines is 1. The standard InChI is InChI=1S/C35H43F3N6O7S/c1-5-7-8-9-16-43(4)31(46)27-19-24(18-26(27)30(45)41-34(20-22(34)6-2)32(47)42-52(49,50)25-11-12-25)51-33(48)40-28-17-23(35(36,37)38)10-13-29(28)44-21(3)14-15-39-44/h5-6,10,13-15,17,22,24-27H,1-2,7-9,11-12,16,18-20H2,3-4H3,(H,40,48)(H,41,45)(H,42,47)/t22-,24-,26-,27-,34-/m1/s1. The Morgan fingerprint density at radius 2 is 1.83 bits per heavy atom. The van der Waals surface area contributed by atoms with Gasteiger partial charge in [0.1, 0.15) is 11.6 Å². The minimum absolute atomic E-state index is 0.0881. The molecule has 1 heterocycles. The lowest BCUT2D eigenvalue weighted by molar-refractivity contribution is -0.140. The van der Waals surface area contributed by atoms with Crippen LogP contribution < -0.4 is 15.4 Å². The second kappa shape index (κ2) is 15.1. The molecule has 52 heavy (non-hydrogen) atoms. The van der Waals surface area contributed by atoms with Crippen LogP contribution in [0.3, 0.4) is 0 Å². The quantitative estimate of drug-likeness (QED) is 0.175. The number of halogens is 3. The van der Waals surface area contributed by atoms with Crippen molar-refractivity contribution in [3.8, 4) is 5.69 Å². The first kappa shape index (κ1) is 38.6. The molecule has 0 saturated heterocycles. The maximum absolute atomic E-state index is 13.9. The number of sulfonamides is 1. The molecular weight excluding hydrogens is 705 g/mol. The number of benzene rings is 1. The molecule has 3 N–H and O–H groups in total. The lowest BCUT2D eigenvalue weighted by Crippen LogP contribution is -2.54. The minimum atomic E-state index is -4.71. The average molecular weight is 749 g/mol. The van der Waals surface area contributed by atoms with Crippen molar-refractivity contribution in [3.63, 3.8) is 0 Å². The van der Waals surface area contributed by atoms with Gasteiger partial charge in [-0.2, -0.15) is 18.3 Å². The Bertz CT molecular complexity index is 1840. The summed E-state index contributed by atoms with van der Waals surface area (Å²) in [7, 11) is -2.34. The number of aromatic nitrogens is 2. The Morgan fingerprint density at radius 3 is 2.42 bits per heavy atom. The smallest absolute Gasteiger partial charge is 0.416 e. The second-order valence-corrected chi connectivity index (χ2v) is 15.6. The van der Waals surface area contributed by atoms with Crippen molar-refractivity contribution in [2.24, 2.45) is 17.8 Å². The van der Waals surface area contributed by atoms with Crippen molar-refractivity contribution < 1.29 is 45.5 Å². The molecule has 3 aliphatic rings. The molecule has 282 valence electrons. The molecule has 0 radical (unpaired) electrons. The summed E-state index contributed by atoms with van der Waals surface area (Å²) in [6, 6.07) is 4.43. The van der Waals surface area contributed by atoms with Gasteiger partial charge in [0, 0.05) is 31.4 Å². The highest BCUT2D eigenvalue weighted by Gasteiger charge is 2.62. The third-order valence-corrected chi connectivity index (χ3v) is 11.7. The number of carbonyl (C=O) groups excluding carboxylic acids is 4. The van der Waals surface area contributed by atoms with Crippen LogP contribution in [0.1, 0.15) is 62.6 Å². The van der Waals surface area contributed by atoms with Crippen molar-refractivity contribution in [2.45, 2.75) is 81.4 Å². The third kappa shape index (κ3) is 8.51. The third-order valence-electron chi connectivity index (χ3n) is 9.84. The molecule has 1 aromatic carbocycles. The molecular formula is C35H43F3N6O7S. The first-order valence-electron chi connectivity index (χ1n) is 17.1. The average Bonchev–Trinajstić information content (AvgIpc) is 3.98. The molecule has 3 aliphatic carbocycles. The molecule has 1 aromatic heterocycles. The summed E-state index contributed by atoms with van der Waals surface area (Å²) < 4.78 is 75.1. The molecule has 17 heteroatoms. The van der Waals surface area contributed by atoms with Gasteiger partial charge in [0.05, 0.1) is 34.0 Å². The van der Waals surface area contributed by atoms with E-state index in [9.17, 15) is 40.8 Å². The number of amides is 4. The first-order chi connectivity index (χ1) is 24.5. The molecule has 13 nitrogen and oxygen atoms in total. The number of hydrogen-bond acceptors (Lipinski definition) is 8. The van der Waals surface area contributed by atoms with Crippen LogP contribution in [0.2, 0.25) is 0 Å². The molecule has 4 amide bonds. The maximum Gasteiger partial charge on any atom is 0.416 e. The van der Waals surface area contributed by atoms with Gasteiger partial charge in [-0.25, -0.2) is 17.9 Å². The number of allylic oxidation sites excluding steroid dienone is 1. The van der Waals surface area contributed by atoms with Gasteiger partial charge in [-0.3, -0.25) is 24.4 Å². The highest BCUT2D eigenvalue weighted by molar-refractivity contribution is 7.91. The number of nitrogens with one attached hydrogen (secondary N) is 3. The zero-order chi connectivity index (χ0) is 38.0. The van der Waals surface area contributed by atoms with E-state index in [2.05, 4.69) is 33.6 Å². The second-order valence-electron chi connectivity index (χ2n) is 13.7. The van der Waals surface area contributed by atoms with Gasteiger partial charge in [-0.05, 0) is 82.6 Å². The van der Waals surface area contributed by atoms with Crippen LogP contribution >= 0.6 is 0 Å². The van der Waals surface area contributed by atoms with Crippen molar-refractivity contribution in [1.29, 1.82) is 0 Å². The van der Waals surface area contributed by atoms with E-state index in [0.29, 0.717) is 31.5 Å². The summed E-state index contributed by atoms with van der Waals surface area (Å²) in [4.78, 5) is 55.8. The van der Waals surface area contributed by atoms with Gasteiger partial charge >= 0.3 is 12.3 Å². The van der Waals surface area contributed by atoms with Crippen molar-refractivity contribution in [3.05, 3.63) is 67.0 Å². The maximum atomic E-state index is 13.9. The number of rotatable bonds is 15. The van der Waals surface area contributed by atoms with E-state index in [1.807, 2.05) is 0 Å². The fourth-order valence-corrected chi connectivity index (χ4v) is 7.98. The topological polar surface area (TPSA) is 169 Å².